The molecule has 0 saturated carbocycles. The largest absolute Gasteiger partial charge is 0.353 e. The zero-order chi connectivity index (χ0) is 20.5. The Labute approximate surface area is 181 Å². The van der Waals surface area contributed by atoms with Crippen molar-refractivity contribution >= 4 is 27.4 Å². The topological polar surface area (TPSA) is 54.3 Å². The third-order valence-electron chi connectivity index (χ3n) is 6.52. The van der Waals surface area contributed by atoms with Gasteiger partial charge in [-0.25, -0.2) is 4.98 Å². The average Bonchev–Trinajstić information content (AvgIpc) is 3.21. The fourth-order valence-corrected chi connectivity index (χ4v) is 5.60. The van der Waals surface area contributed by atoms with Crippen LogP contribution in [0.3, 0.4) is 0 Å². The fourth-order valence-electron chi connectivity index (χ4n) is 4.81. The van der Waals surface area contributed by atoms with Crippen LogP contribution in [0.1, 0.15) is 36.3 Å². The smallest absolute Gasteiger partial charge is 0.256 e. The van der Waals surface area contributed by atoms with Crippen LogP contribution in [0.15, 0.2) is 29.1 Å². The molecule has 1 aliphatic carbocycles. The highest BCUT2D eigenvalue weighted by Gasteiger charge is 2.21. The number of rotatable bonds is 5. The van der Waals surface area contributed by atoms with Crippen LogP contribution in [0.2, 0.25) is 0 Å². The first-order chi connectivity index (χ1) is 14.7. The van der Waals surface area contributed by atoms with Crippen LogP contribution in [-0.2, 0) is 19.4 Å². The van der Waals surface area contributed by atoms with E-state index in [1.165, 1.54) is 10.1 Å². The summed E-state index contributed by atoms with van der Waals surface area (Å²) in [4.78, 5) is 22.6. The maximum Gasteiger partial charge on any atom is 0.256 e. The number of hydrogen-bond acceptors (Lipinski definition) is 6. The lowest BCUT2D eigenvalue weighted by atomic mass is 9.97. The molecule has 0 amide bonds. The molecule has 0 radical (unpaired) electrons. The molecule has 1 fully saturated rings. The van der Waals surface area contributed by atoms with Gasteiger partial charge in [-0.15, -0.1) is 0 Å². The number of hydrogen-bond donors (Lipinski definition) is 0. The van der Waals surface area contributed by atoms with Crippen LogP contribution in [-0.4, -0.2) is 51.5 Å². The van der Waals surface area contributed by atoms with E-state index in [0.29, 0.717) is 0 Å². The van der Waals surface area contributed by atoms with Gasteiger partial charge in [-0.2, -0.15) is 4.37 Å². The molecule has 0 bridgehead atoms. The molecule has 2 aromatic heterocycles. The van der Waals surface area contributed by atoms with E-state index in [-0.39, 0.29) is 5.56 Å². The van der Waals surface area contributed by atoms with Gasteiger partial charge in [0, 0.05) is 43.7 Å². The standard InChI is InChI=1S/C23H29N5OS/c1-17-24-20-9-4-2-7-18(20)23(29)28(17)12-6-11-26-13-15-27(16-14-26)22-19-8-3-5-10-21(19)30-25-22/h3,5,8,10H,2,4,6-7,9,11-16H2,1H3. The molecule has 1 saturated heterocycles. The summed E-state index contributed by atoms with van der Waals surface area (Å²) in [6, 6.07) is 8.49. The van der Waals surface area contributed by atoms with Crippen LogP contribution in [0.25, 0.3) is 10.1 Å². The van der Waals surface area contributed by atoms with Gasteiger partial charge in [-0.3, -0.25) is 14.3 Å². The molecule has 2 aliphatic rings. The highest BCUT2D eigenvalue weighted by Crippen LogP contribution is 2.29. The lowest BCUT2D eigenvalue weighted by Gasteiger charge is -2.35. The zero-order valence-electron chi connectivity index (χ0n) is 17.6. The predicted octanol–water partition coefficient (Wildman–Crippen LogP) is 3.25. The minimum Gasteiger partial charge on any atom is -0.353 e. The van der Waals surface area contributed by atoms with Gasteiger partial charge in [0.05, 0.1) is 10.4 Å². The van der Waals surface area contributed by atoms with E-state index in [2.05, 4.69) is 34.1 Å². The number of fused-ring (bicyclic) bond motifs is 2. The maximum absolute atomic E-state index is 12.9. The SMILES string of the molecule is Cc1nc2c(c(=O)n1CCCN1CCN(c3nsc4ccccc34)CC1)CCCC2. The van der Waals surface area contributed by atoms with Gasteiger partial charge in [0.25, 0.3) is 5.56 Å². The maximum atomic E-state index is 12.9. The fraction of sp³-hybridized carbons (Fsp3) is 0.522. The molecular formula is C23H29N5OS. The predicted molar refractivity (Wildman–Crippen MR) is 123 cm³/mol. The first-order valence-corrected chi connectivity index (χ1v) is 11.9. The van der Waals surface area contributed by atoms with Gasteiger partial charge < -0.3 is 4.90 Å². The van der Waals surface area contributed by atoms with Gasteiger partial charge in [0.1, 0.15) is 11.6 Å². The highest BCUT2D eigenvalue weighted by molar-refractivity contribution is 7.13. The van der Waals surface area contributed by atoms with Gasteiger partial charge >= 0.3 is 0 Å². The summed E-state index contributed by atoms with van der Waals surface area (Å²) in [6.45, 7) is 7.87. The van der Waals surface area contributed by atoms with E-state index < -0.39 is 0 Å². The quantitative estimate of drug-likeness (QED) is 0.631. The molecule has 1 aliphatic heterocycles. The molecule has 6 nitrogen and oxygen atoms in total. The third-order valence-corrected chi connectivity index (χ3v) is 7.33. The second kappa shape index (κ2) is 8.47. The van der Waals surface area contributed by atoms with Gasteiger partial charge in [0.15, 0.2) is 0 Å². The minimum absolute atomic E-state index is 0.206. The van der Waals surface area contributed by atoms with Gasteiger partial charge in [0.2, 0.25) is 0 Å². The number of aryl methyl sites for hydroxylation is 2. The van der Waals surface area contributed by atoms with E-state index >= 15 is 0 Å². The van der Waals surface area contributed by atoms with Gasteiger partial charge in [-0.1, -0.05) is 12.1 Å². The summed E-state index contributed by atoms with van der Waals surface area (Å²) < 4.78 is 7.87. The molecular weight excluding hydrogens is 394 g/mol. The summed E-state index contributed by atoms with van der Waals surface area (Å²) in [7, 11) is 0. The third kappa shape index (κ3) is 3.76. The molecule has 0 spiro atoms. The second-order valence-electron chi connectivity index (χ2n) is 8.43. The average molecular weight is 424 g/mol. The number of benzene rings is 1. The number of piperazine rings is 1. The van der Waals surface area contributed by atoms with Crippen LogP contribution in [0.5, 0.6) is 0 Å². The summed E-state index contributed by atoms with van der Waals surface area (Å²) in [5.41, 5.74) is 2.22. The molecule has 0 N–H and O–H groups in total. The Morgan fingerprint density at radius 2 is 1.83 bits per heavy atom. The Morgan fingerprint density at radius 3 is 2.70 bits per heavy atom. The Morgan fingerprint density at radius 1 is 1.03 bits per heavy atom. The van der Waals surface area contributed by atoms with Crippen LogP contribution in [0.4, 0.5) is 5.82 Å². The van der Waals surface area contributed by atoms with Crippen molar-refractivity contribution in [1.29, 1.82) is 0 Å². The normalized spacial score (nSPS) is 17.4. The zero-order valence-corrected chi connectivity index (χ0v) is 18.5. The van der Waals surface area contributed by atoms with E-state index in [9.17, 15) is 4.79 Å². The number of nitrogens with zero attached hydrogens (tertiary/aromatic N) is 5. The Hall–Kier alpha value is -2.25. The Bertz CT molecular complexity index is 1100. The summed E-state index contributed by atoms with van der Waals surface area (Å²) in [6.07, 6.45) is 5.12. The van der Waals surface area contributed by atoms with Crippen molar-refractivity contribution in [1.82, 2.24) is 18.8 Å². The van der Waals surface area contributed by atoms with Crippen molar-refractivity contribution < 1.29 is 0 Å². The van der Waals surface area contributed by atoms with Crippen molar-refractivity contribution in [2.45, 2.75) is 45.6 Å². The molecule has 0 atom stereocenters. The highest BCUT2D eigenvalue weighted by atomic mass is 32.1. The van der Waals surface area contributed by atoms with E-state index in [1.54, 1.807) is 11.5 Å². The van der Waals surface area contributed by atoms with Crippen molar-refractivity contribution in [3.8, 4) is 0 Å². The minimum atomic E-state index is 0.206. The van der Waals surface area contributed by atoms with Gasteiger partial charge in [-0.05, 0) is 69.2 Å². The molecule has 5 rings (SSSR count). The Balaban J connectivity index is 1.17. The monoisotopic (exact) mass is 423 g/mol. The van der Waals surface area contributed by atoms with Crippen LogP contribution in [0, 0.1) is 6.92 Å². The van der Waals surface area contributed by atoms with Crippen LogP contribution >= 0.6 is 11.5 Å². The second-order valence-corrected chi connectivity index (χ2v) is 9.24. The summed E-state index contributed by atoms with van der Waals surface area (Å²) >= 11 is 1.59. The summed E-state index contributed by atoms with van der Waals surface area (Å²) in [5.74, 6) is 2.01. The first-order valence-electron chi connectivity index (χ1n) is 11.1. The molecule has 30 heavy (non-hydrogen) atoms. The van der Waals surface area contributed by atoms with Crippen molar-refractivity contribution in [3.63, 3.8) is 0 Å². The number of anilines is 1. The van der Waals surface area contributed by atoms with Crippen molar-refractivity contribution in [3.05, 3.63) is 51.7 Å². The molecule has 7 heteroatoms. The molecule has 3 heterocycles. The van der Waals surface area contributed by atoms with E-state index in [0.717, 1.165) is 94.3 Å². The summed E-state index contributed by atoms with van der Waals surface area (Å²) in [5, 5.41) is 1.27. The Kier molecular flexibility index (Phi) is 5.56. The lowest BCUT2D eigenvalue weighted by Crippen LogP contribution is -2.47. The molecule has 1 aromatic carbocycles. The lowest BCUT2D eigenvalue weighted by molar-refractivity contribution is 0.249. The van der Waals surface area contributed by atoms with E-state index in [4.69, 9.17) is 9.36 Å². The molecule has 0 unspecified atom stereocenters. The van der Waals surface area contributed by atoms with Crippen molar-refractivity contribution in [2.75, 3.05) is 37.6 Å². The van der Waals surface area contributed by atoms with E-state index in [1.807, 2.05) is 11.5 Å². The first kappa shape index (κ1) is 19.7. The number of aromatic nitrogens is 3. The van der Waals surface area contributed by atoms with Crippen LogP contribution < -0.4 is 10.5 Å². The molecule has 3 aromatic rings. The molecule has 158 valence electrons. The van der Waals surface area contributed by atoms with Crippen molar-refractivity contribution in [2.24, 2.45) is 0 Å².